The van der Waals surface area contributed by atoms with Gasteiger partial charge in [-0.25, -0.2) is 8.42 Å². The first kappa shape index (κ1) is 21.9. The van der Waals surface area contributed by atoms with E-state index in [1.165, 1.54) is 6.08 Å². The second kappa shape index (κ2) is 10.2. The molecule has 4 N–H and O–H groups in total. The van der Waals surface area contributed by atoms with Crippen LogP contribution in [0, 0.1) is 5.92 Å². The highest BCUT2D eigenvalue weighted by molar-refractivity contribution is 7.92. The van der Waals surface area contributed by atoms with Crippen LogP contribution in [0.15, 0.2) is 30.3 Å². The SMILES string of the molecule is CS(=O)(=O)Nc1ccc(/C=C/C(=O)NCCCN2CCCC(C(N)=O)C2)cc1. The molecule has 9 heteroatoms. The van der Waals surface area contributed by atoms with Crippen molar-refractivity contribution in [3.05, 3.63) is 35.9 Å². The molecule has 0 spiro atoms. The van der Waals surface area contributed by atoms with Gasteiger partial charge in [0.1, 0.15) is 0 Å². The minimum Gasteiger partial charge on any atom is -0.369 e. The van der Waals surface area contributed by atoms with E-state index in [1.807, 2.05) is 0 Å². The molecule has 1 aromatic rings. The lowest BCUT2D eigenvalue weighted by atomic mass is 9.97. The van der Waals surface area contributed by atoms with Crippen LogP contribution in [-0.4, -0.2) is 57.6 Å². The van der Waals surface area contributed by atoms with E-state index in [2.05, 4.69) is 14.9 Å². The summed E-state index contributed by atoms with van der Waals surface area (Å²) in [7, 11) is -3.30. The molecular formula is C19H28N4O4S. The van der Waals surface area contributed by atoms with E-state index < -0.39 is 10.0 Å². The van der Waals surface area contributed by atoms with Gasteiger partial charge >= 0.3 is 0 Å². The number of likely N-dealkylation sites (tertiary alicyclic amines) is 1. The van der Waals surface area contributed by atoms with Crippen LogP contribution < -0.4 is 15.8 Å². The maximum Gasteiger partial charge on any atom is 0.243 e. The van der Waals surface area contributed by atoms with Crippen molar-refractivity contribution in [2.75, 3.05) is 37.2 Å². The minimum absolute atomic E-state index is 0.0645. The van der Waals surface area contributed by atoms with Crippen molar-refractivity contribution >= 4 is 33.6 Å². The molecule has 2 amide bonds. The predicted octanol–water partition coefficient (Wildman–Crippen LogP) is 0.775. The van der Waals surface area contributed by atoms with Crippen molar-refractivity contribution < 1.29 is 18.0 Å². The first-order chi connectivity index (χ1) is 13.2. The summed E-state index contributed by atoms with van der Waals surface area (Å²) < 4.78 is 24.7. The molecule has 0 saturated carbocycles. The predicted molar refractivity (Wildman–Crippen MR) is 110 cm³/mol. The van der Waals surface area contributed by atoms with Crippen molar-refractivity contribution in [3.63, 3.8) is 0 Å². The summed E-state index contributed by atoms with van der Waals surface area (Å²) in [5, 5.41) is 2.83. The number of anilines is 1. The molecule has 1 aromatic carbocycles. The lowest BCUT2D eigenvalue weighted by molar-refractivity contribution is -0.123. The standard InChI is InChI=1S/C19H28N4O4S/c1-28(26,27)22-17-8-5-15(6-9-17)7-10-18(24)21-11-3-13-23-12-2-4-16(14-23)19(20)25/h5-10,16,22H,2-4,11-14H2,1H3,(H2,20,25)(H,21,24)/b10-7+. The number of amides is 2. The Labute approximate surface area is 166 Å². The third kappa shape index (κ3) is 8.10. The Morgan fingerprint density at radius 2 is 2.00 bits per heavy atom. The maximum absolute atomic E-state index is 11.9. The highest BCUT2D eigenvalue weighted by Crippen LogP contribution is 2.16. The molecule has 0 bridgehead atoms. The number of benzene rings is 1. The average Bonchev–Trinajstić information content (AvgIpc) is 2.63. The summed E-state index contributed by atoms with van der Waals surface area (Å²) >= 11 is 0. The van der Waals surface area contributed by atoms with Gasteiger partial charge in [0.05, 0.1) is 12.2 Å². The van der Waals surface area contributed by atoms with E-state index in [4.69, 9.17) is 5.73 Å². The molecular weight excluding hydrogens is 380 g/mol. The normalized spacial score (nSPS) is 18.1. The molecule has 1 unspecified atom stereocenters. The van der Waals surface area contributed by atoms with Gasteiger partial charge in [0.25, 0.3) is 0 Å². The molecule has 0 aliphatic carbocycles. The molecule has 1 heterocycles. The highest BCUT2D eigenvalue weighted by Gasteiger charge is 2.23. The number of sulfonamides is 1. The number of nitrogens with two attached hydrogens (primary N) is 1. The zero-order valence-electron chi connectivity index (χ0n) is 16.1. The van der Waals surface area contributed by atoms with Gasteiger partial charge in [-0.2, -0.15) is 0 Å². The monoisotopic (exact) mass is 408 g/mol. The second-order valence-electron chi connectivity index (χ2n) is 7.02. The van der Waals surface area contributed by atoms with Crippen molar-refractivity contribution in [1.82, 2.24) is 10.2 Å². The summed E-state index contributed by atoms with van der Waals surface area (Å²) in [5.74, 6) is -0.486. The first-order valence-electron chi connectivity index (χ1n) is 9.28. The Balaban J connectivity index is 1.68. The molecule has 0 radical (unpaired) electrons. The zero-order chi connectivity index (χ0) is 20.6. The number of nitrogens with zero attached hydrogens (tertiary/aromatic N) is 1. The average molecular weight is 409 g/mol. The summed E-state index contributed by atoms with van der Waals surface area (Å²) in [4.78, 5) is 25.4. The van der Waals surface area contributed by atoms with Crippen LogP contribution >= 0.6 is 0 Å². The fourth-order valence-corrected chi connectivity index (χ4v) is 3.68. The van der Waals surface area contributed by atoms with Gasteiger partial charge in [0, 0.05) is 24.9 Å². The smallest absolute Gasteiger partial charge is 0.243 e. The highest BCUT2D eigenvalue weighted by atomic mass is 32.2. The van der Waals surface area contributed by atoms with E-state index in [0.717, 1.165) is 44.2 Å². The molecule has 28 heavy (non-hydrogen) atoms. The van der Waals surface area contributed by atoms with Crippen LogP contribution in [0.25, 0.3) is 6.08 Å². The van der Waals surface area contributed by atoms with E-state index in [1.54, 1.807) is 30.3 Å². The van der Waals surface area contributed by atoms with Crippen LogP contribution in [0.1, 0.15) is 24.8 Å². The van der Waals surface area contributed by atoms with Gasteiger partial charge < -0.3 is 16.0 Å². The van der Waals surface area contributed by atoms with Crippen LogP contribution in [-0.2, 0) is 19.6 Å². The van der Waals surface area contributed by atoms with Crippen LogP contribution in [0.5, 0.6) is 0 Å². The summed E-state index contributed by atoms with van der Waals surface area (Å²) in [6.07, 6.45) is 6.84. The number of primary amides is 1. The quantitative estimate of drug-likeness (QED) is 0.412. The third-order valence-electron chi connectivity index (χ3n) is 4.50. The Morgan fingerprint density at radius 3 is 2.64 bits per heavy atom. The van der Waals surface area contributed by atoms with Crippen molar-refractivity contribution in [2.24, 2.45) is 11.7 Å². The molecule has 8 nitrogen and oxygen atoms in total. The van der Waals surface area contributed by atoms with Gasteiger partial charge in [0.15, 0.2) is 0 Å². The summed E-state index contributed by atoms with van der Waals surface area (Å²) in [5.41, 5.74) is 6.64. The van der Waals surface area contributed by atoms with E-state index >= 15 is 0 Å². The Bertz CT molecular complexity index is 806. The Kier molecular flexibility index (Phi) is 8.01. The van der Waals surface area contributed by atoms with Crippen molar-refractivity contribution in [3.8, 4) is 0 Å². The fraction of sp³-hybridized carbons (Fsp3) is 0.474. The van der Waals surface area contributed by atoms with E-state index in [0.29, 0.717) is 18.8 Å². The lowest BCUT2D eigenvalue weighted by Crippen LogP contribution is -2.42. The zero-order valence-corrected chi connectivity index (χ0v) is 16.9. The maximum atomic E-state index is 11.9. The number of piperidine rings is 1. The minimum atomic E-state index is -3.30. The lowest BCUT2D eigenvalue weighted by Gasteiger charge is -2.31. The Morgan fingerprint density at radius 1 is 1.29 bits per heavy atom. The molecule has 1 fully saturated rings. The molecule has 1 atom stereocenters. The summed E-state index contributed by atoms with van der Waals surface area (Å²) in [6.45, 7) is 3.04. The fourth-order valence-electron chi connectivity index (χ4n) is 3.11. The molecule has 154 valence electrons. The summed E-state index contributed by atoms with van der Waals surface area (Å²) in [6, 6.07) is 6.72. The second-order valence-corrected chi connectivity index (χ2v) is 8.76. The molecule has 0 aromatic heterocycles. The first-order valence-corrected chi connectivity index (χ1v) is 11.2. The Hall–Kier alpha value is -2.39. The van der Waals surface area contributed by atoms with Gasteiger partial charge in [-0.3, -0.25) is 14.3 Å². The number of hydrogen-bond donors (Lipinski definition) is 3. The van der Waals surface area contributed by atoms with Gasteiger partial charge in [-0.05, 0) is 56.1 Å². The largest absolute Gasteiger partial charge is 0.369 e. The number of nitrogens with one attached hydrogen (secondary N) is 2. The number of rotatable bonds is 9. The third-order valence-corrected chi connectivity index (χ3v) is 5.11. The molecule has 1 aliphatic rings. The van der Waals surface area contributed by atoms with Gasteiger partial charge in [0.2, 0.25) is 21.8 Å². The van der Waals surface area contributed by atoms with Crippen molar-refractivity contribution in [1.29, 1.82) is 0 Å². The van der Waals surface area contributed by atoms with E-state index in [9.17, 15) is 18.0 Å². The van der Waals surface area contributed by atoms with Gasteiger partial charge in [-0.1, -0.05) is 12.1 Å². The van der Waals surface area contributed by atoms with Gasteiger partial charge in [-0.15, -0.1) is 0 Å². The van der Waals surface area contributed by atoms with Crippen LogP contribution in [0.2, 0.25) is 0 Å². The van der Waals surface area contributed by atoms with Crippen LogP contribution in [0.4, 0.5) is 5.69 Å². The molecule has 1 saturated heterocycles. The molecule has 1 aliphatic heterocycles. The topological polar surface area (TPSA) is 122 Å². The number of hydrogen-bond acceptors (Lipinski definition) is 5. The molecule has 2 rings (SSSR count). The van der Waals surface area contributed by atoms with Crippen molar-refractivity contribution in [2.45, 2.75) is 19.3 Å². The number of carbonyl (C=O) groups excluding carboxylic acids is 2. The van der Waals surface area contributed by atoms with Crippen LogP contribution in [0.3, 0.4) is 0 Å². The number of carbonyl (C=O) groups is 2. The van der Waals surface area contributed by atoms with E-state index in [-0.39, 0.29) is 17.7 Å².